The molecule has 92 valence electrons. The Labute approximate surface area is 105 Å². The van der Waals surface area contributed by atoms with E-state index < -0.39 is 0 Å². The molecule has 18 heavy (non-hydrogen) atoms. The van der Waals surface area contributed by atoms with E-state index in [0.717, 1.165) is 12.8 Å². The van der Waals surface area contributed by atoms with Crippen molar-refractivity contribution >= 4 is 0 Å². The fourth-order valence-electron chi connectivity index (χ4n) is 1.44. The van der Waals surface area contributed by atoms with Gasteiger partial charge in [0.05, 0.1) is 11.6 Å². The fraction of sp³-hybridized carbons (Fsp3) is 0.308. The molecule has 0 aliphatic rings. The highest BCUT2D eigenvalue weighted by molar-refractivity contribution is 5.34. The minimum absolute atomic E-state index is 0.263. The third kappa shape index (κ3) is 3.08. The molecule has 0 saturated carbocycles. The third-order valence-electron chi connectivity index (χ3n) is 2.33. The predicted octanol–water partition coefficient (Wildman–Crippen LogP) is 2.47. The Morgan fingerprint density at radius 2 is 2.11 bits per heavy atom. The molecule has 0 aliphatic heterocycles. The van der Waals surface area contributed by atoms with Crippen LogP contribution < -0.4 is 4.74 Å². The summed E-state index contributed by atoms with van der Waals surface area (Å²) in [5, 5.41) is 12.5. The van der Waals surface area contributed by atoms with Gasteiger partial charge in [-0.05, 0) is 30.7 Å². The summed E-state index contributed by atoms with van der Waals surface area (Å²) in [6.07, 6.45) is 1.75. The molecule has 1 heterocycles. The van der Waals surface area contributed by atoms with Crippen molar-refractivity contribution in [2.45, 2.75) is 26.4 Å². The Hall–Kier alpha value is -2.35. The Bertz CT molecular complexity index is 540. The number of nitriles is 1. The van der Waals surface area contributed by atoms with Gasteiger partial charge < -0.3 is 9.26 Å². The van der Waals surface area contributed by atoms with Crippen molar-refractivity contribution in [3.63, 3.8) is 0 Å². The van der Waals surface area contributed by atoms with E-state index in [-0.39, 0.29) is 6.61 Å². The Morgan fingerprint density at radius 1 is 1.33 bits per heavy atom. The summed E-state index contributed by atoms with van der Waals surface area (Å²) in [5.74, 6) is 1.84. The van der Waals surface area contributed by atoms with E-state index in [1.165, 1.54) is 0 Å². The lowest BCUT2D eigenvalue weighted by Gasteiger charge is -2.02. The van der Waals surface area contributed by atoms with Gasteiger partial charge in [-0.1, -0.05) is 12.1 Å². The first kappa shape index (κ1) is 12.1. The van der Waals surface area contributed by atoms with Gasteiger partial charge in [0.25, 0.3) is 0 Å². The van der Waals surface area contributed by atoms with Crippen molar-refractivity contribution in [1.82, 2.24) is 10.1 Å². The quantitative estimate of drug-likeness (QED) is 0.806. The molecule has 2 rings (SSSR count). The van der Waals surface area contributed by atoms with Crippen LogP contribution in [0.5, 0.6) is 5.75 Å². The minimum Gasteiger partial charge on any atom is -0.485 e. The SMILES string of the molecule is CCCc1nc(COc2ccc(C#N)cc2)no1. The smallest absolute Gasteiger partial charge is 0.226 e. The van der Waals surface area contributed by atoms with Crippen molar-refractivity contribution in [3.05, 3.63) is 41.5 Å². The van der Waals surface area contributed by atoms with Crippen LogP contribution in [0.4, 0.5) is 0 Å². The largest absolute Gasteiger partial charge is 0.485 e. The highest BCUT2D eigenvalue weighted by Gasteiger charge is 2.05. The molecule has 5 heteroatoms. The second kappa shape index (κ2) is 5.82. The maximum Gasteiger partial charge on any atom is 0.226 e. The molecule has 0 amide bonds. The van der Waals surface area contributed by atoms with E-state index in [0.29, 0.717) is 23.0 Å². The van der Waals surface area contributed by atoms with Crippen LogP contribution in [0.15, 0.2) is 28.8 Å². The summed E-state index contributed by atoms with van der Waals surface area (Å²) in [5.41, 5.74) is 0.604. The molecule has 0 saturated heterocycles. The van der Waals surface area contributed by atoms with Crippen molar-refractivity contribution in [1.29, 1.82) is 5.26 Å². The van der Waals surface area contributed by atoms with Gasteiger partial charge in [-0.15, -0.1) is 0 Å². The van der Waals surface area contributed by atoms with E-state index in [1.54, 1.807) is 24.3 Å². The zero-order valence-electron chi connectivity index (χ0n) is 10.1. The number of ether oxygens (including phenoxy) is 1. The van der Waals surface area contributed by atoms with Gasteiger partial charge in [-0.2, -0.15) is 10.2 Å². The number of nitrogens with zero attached hydrogens (tertiary/aromatic N) is 3. The van der Waals surface area contributed by atoms with Gasteiger partial charge in [0.2, 0.25) is 11.7 Å². The fourth-order valence-corrected chi connectivity index (χ4v) is 1.44. The lowest BCUT2D eigenvalue weighted by molar-refractivity contribution is 0.285. The molecular formula is C13H13N3O2. The first-order chi connectivity index (χ1) is 8.81. The van der Waals surface area contributed by atoms with Gasteiger partial charge in [-0.25, -0.2) is 0 Å². The van der Waals surface area contributed by atoms with E-state index in [4.69, 9.17) is 14.5 Å². The van der Waals surface area contributed by atoms with E-state index in [9.17, 15) is 0 Å². The summed E-state index contributed by atoms with van der Waals surface area (Å²) >= 11 is 0. The Kier molecular flexibility index (Phi) is 3.92. The number of rotatable bonds is 5. The molecular weight excluding hydrogens is 230 g/mol. The molecule has 0 radical (unpaired) electrons. The van der Waals surface area contributed by atoms with Crippen LogP contribution >= 0.6 is 0 Å². The number of hydrogen-bond acceptors (Lipinski definition) is 5. The topological polar surface area (TPSA) is 71.9 Å². The van der Waals surface area contributed by atoms with Crippen LogP contribution in [0.25, 0.3) is 0 Å². The molecule has 0 N–H and O–H groups in total. The van der Waals surface area contributed by atoms with Gasteiger partial charge in [0, 0.05) is 6.42 Å². The first-order valence-electron chi connectivity index (χ1n) is 5.76. The van der Waals surface area contributed by atoms with Crippen LogP contribution in [0.3, 0.4) is 0 Å². The van der Waals surface area contributed by atoms with Crippen LogP contribution in [0, 0.1) is 11.3 Å². The summed E-state index contributed by atoms with van der Waals surface area (Å²) in [6, 6.07) is 8.94. The zero-order chi connectivity index (χ0) is 12.8. The number of aromatic nitrogens is 2. The summed E-state index contributed by atoms with van der Waals surface area (Å²) < 4.78 is 10.5. The van der Waals surface area contributed by atoms with Crippen molar-refractivity contribution in [2.75, 3.05) is 0 Å². The molecule has 0 atom stereocenters. The molecule has 1 aromatic carbocycles. The molecule has 0 spiro atoms. The van der Waals surface area contributed by atoms with Gasteiger partial charge in [0.1, 0.15) is 5.75 Å². The van der Waals surface area contributed by atoms with Gasteiger partial charge in [-0.3, -0.25) is 0 Å². The molecule has 5 nitrogen and oxygen atoms in total. The maximum atomic E-state index is 8.67. The molecule has 0 bridgehead atoms. The van der Waals surface area contributed by atoms with Crippen LogP contribution in [-0.2, 0) is 13.0 Å². The standard InChI is InChI=1S/C13H13N3O2/c1-2-3-13-15-12(16-18-13)9-17-11-6-4-10(8-14)5-7-11/h4-7H,2-3,9H2,1H3. The van der Waals surface area contributed by atoms with E-state index in [2.05, 4.69) is 23.1 Å². The highest BCUT2D eigenvalue weighted by Crippen LogP contribution is 2.13. The third-order valence-corrected chi connectivity index (χ3v) is 2.33. The maximum absolute atomic E-state index is 8.67. The van der Waals surface area contributed by atoms with Crippen LogP contribution in [0.2, 0.25) is 0 Å². The second-order valence-corrected chi connectivity index (χ2v) is 3.78. The summed E-state index contributed by atoms with van der Waals surface area (Å²) in [7, 11) is 0. The van der Waals surface area contributed by atoms with Crippen LogP contribution in [0.1, 0.15) is 30.6 Å². The lowest BCUT2D eigenvalue weighted by atomic mass is 10.2. The van der Waals surface area contributed by atoms with E-state index >= 15 is 0 Å². The Morgan fingerprint density at radius 3 is 2.78 bits per heavy atom. The highest BCUT2D eigenvalue weighted by atomic mass is 16.5. The summed E-state index contributed by atoms with van der Waals surface area (Å²) in [6.45, 7) is 2.32. The number of aryl methyl sites for hydroxylation is 1. The predicted molar refractivity (Wildman–Crippen MR) is 63.8 cm³/mol. The lowest BCUT2D eigenvalue weighted by Crippen LogP contribution is -1.97. The molecule has 2 aromatic rings. The number of hydrogen-bond donors (Lipinski definition) is 0. The average molecular weight is 243 g/mol. The van der Waals surface area contributed by atoms with Crippen molar-refractivity contribution < 1.29 is 9.26 Å². The number of benzene rings is 1. The van der Waals surface area contributed by atoms with Gasteiger partial charge in [0.15, 0.2) is 6.61 Å². The molecule has 0 aliphatic carbocycles. The Balaban J connectivity index is 1.91. The minimum atomic E-state index is 0.263. The van der Waals surface area contributed by atoms with Crippen LogP contribution in [-0.4, -0.2) is 10.1 Å². The molecule has 0 fully saturated rings. The van der Waals surface area contributed by atoms with Gasteiger partial charge >= 0.3 is 0 Å². The zero-order valence-corrected chi connectivity index (χ0v) is 10.1. The average Bonchev–Trinajstić information content (AvgIpc) is 2.85. The molecule has 1 aromatic heterocycles. The monoisotopic (exact) mass is 243 g/mol. The van der Waals surface area contributed by atoms with E-state index in [1.807, 2.05) is 0 Å². The second-order valence-electron chi connectivity index (χ2n) is 3.78. The summed E-state index contributed by atoms with van der Waals surface area (Å²) in [4.78, 5) is 4.19. The molecule has 0 unspecified atom stereocenters. The van der Waals surface area contributed by atoms with Crippen molar-refractivity contribution in [3.8, 4) is 11.8 Å². The first-order valence-corrected chi connectivity index (χ1v) is 5.76. The normalized spacial score (nSPS) is 10.0. The van der Waals surface area contributed by atoms with Crippen molar-refractivity contribution in [2.24, 2.45) is 0 Å².